The molecule has 0 saturated carbocycles. The number of aliphatic carboxylic acids is 1. The van der Waals surface area contributed by atoms with Crippen LogP contribution in [0.2, 0.25) is 0 Å². The number of cyclic esters (lactones) is 1. The highest BCUT2D eigenvalue weighted by molar-refractivity contribution is 5.98. The van der Waals surface area contributed by atoms with Crippen molar-refractivity contribution in [2.24, 2.45) is 0 Å². The van der Waals surface area contributed by atoms with Crippen molar-refractivity contribution in [2.45, 2.75) is 85.4 Å². The van der Waals surface area contributed by atoms with E-state index in [1.807, 2.05) is 13.0 Å². The number of rotatable bonds is 10. The van der Waals surface area contributed by atoms with Gasteiger partial charge >= 0.3 is 17.7 Å². The number of aryl methyl sites for hydroxylation is 1. The minimum absolute atomic E-state index is 0.000959. The Balaban J connectivity index is 2.44. The van der Waals surface area contributed by atoms with E-state index in [0.717, 1.165) is 37.7 Å². The molecule has 0 fully saturated rings. The van der Waals surface area contributed by atoms with Gasteiger partial charge in [-0.3, -0.25) is 0 Å². The molecule has 6 nitrogen and oxygen atoms in total. The second-order valence-electron chi connectivity index (χ2n) is 8.51. The predicted octanol–water partition coefficient (Wildman–Crippen LogP) is 5.71. The Bertz CT molecular complexity index is 892. The van der Waals surface area contributed by atoms with Crippen LogP contribution < -0.4 is 4.74 Å². The van der Waals surface area contributed by atoms with E-state index in [9.17, 15) is 19.8 Å². The van der Waals surface area contributed by atoms with Crippen molar-refractivity contribution in [3.8, 4) is 11.5 Å². The van der Waals surface area contributed by atoms with E-state index < -0.39 is 17.7 Å². The molecule has 2 rings (SSSR count). The quantitative estimate of drug-likeness (QED) is 0.281. The molecular weight excluding hydrogens is 396 g/mol. The number of carboxylic acid groups (broad SMARTS) is 1. The first-order valence-corrected chi connectivity index (χ1v) is 10.9. The zero-order chi connectivity index (χ0) is 23.2. The number of carbonyl (C=O) groups excluding carboxylic acids is 1. The van der Waals surface area contributed by atoms with Crippen LogP contribution in [-0.2, 0) is 22.4 Å². The smallest absolute Gasteiger partial charge is 0.390 e. The third-order valence-corrected chi connectivity index (χ3v) is 5.41. The van der Waals surface area contributed by atoms with Crippen LogP contribution in [0.4, 0.5) is 0 Å². The molecule has 2 N–H and O–H groups in total. The summed E-state index contributed by atoms with van der Waals surface area (Å²) in [4.78, 5) is 24.5. The summed E-state index contributed by atoms with van der Waals surface area (Å²) < 4.78 is 10.9. The monoisotopic (exact) mass is 430 g/mol. The van der Waals surface area contributed by atoms with Crippen molar-refractivity contribution in [3.05, 3.63) is 46.1 Å². The van der Waals surface area contributed by atoms with Crippen LogP contribution in [-0.4, -0.2) is 27.9 Å². The maximum Gasteiger partial charge on any atom is 0.390 e. The number of phenolic OH excluding ortho intramolecular Hbond substituents is 1. The molecule has 1 aliphatic heterocycles. The van der Waals surface area contributed by atoms with E-state index in [2.05, 4.69) is 26.8 Å². The van der Waals surface area contributed by atoms with Crippen molar-refractivity contribution in [2.75, 3.05) is 0 Å². The van der Waals surface area contributed by atoms with Crippen molar-refractivity contribution in [3.63, 3.8) is 0 Å². The number of fused-ring (bicyclic) bond motifs is 1. The summed E-state index contributed by atoms with van der Waals surface area (Å²) in [6.45, 7) is 9.40. The van der Waals surface area contributed by atoms with Crippen molar-refractivity contribution in [1.29, 1.82) is 0 Å². The lowest BCUT2D eigenvalue weighted by Crippen LogP contribution is -2.49. The summed E-state index contributed by atoms with van der Waals surface area (Å²) in [5.41, 5.74) is 3.64. The molecule has 0 bridgehead atoms. The topological polar surface area (TPSA) is 93.1 Å². The summed E-state index contributed by atoms with van der Waals surface area (Å²) in [6.07, 6.45) is 9.68. The lowest BCUT2D eigenvalue weighted by molar-refractivity contribution is -0.192. The summed E-state index contributed by atoms with van der Waals surface area (Å²) in [6, 6.07) is 1.59. The van der Waals surface area contributed by atoms with Crippen molar-refractivity contribution < 1.29 is 29.3 Å². The van der Waals surface area contributed by atoms with Gasteiger partial charge in [0.25, 0.3) is 0 Å². The van der Waals surface area contributed by atoms with Crippen LogP contribution in [0.3, 0.4) is 0 Å². The Morgan fingerprint density at radius 1 is 1.16 bits per heavy atom. The van der Waals surface area contributed by atoms with E-state index in [0.29, 0.717) is 24.0 Å². The summed E-state index contributed by atoms with van der Waals surface area (Å²) in [5.74, 6) is -4.15. The largest absolute Gasteiger partial charge is 0.508 e. The first kappa shape index (κ1) is 24.5. The maximum absolute atomic E-state index is 12.8. The Hall–Kier alpha value is -2.76. The third kappa shape index (κ3) is 6.12. The molecule has 1 aromatic carbocycles. The fraction of sp³-hybridized carbons (Fsp3) is 0.520. The molecule has 0 radical (unpaired) electrons. The maximum atomic E-state index is 12.8. The van der Waals surface area contributed by atoms with Crippen LogP contribution in [0.5, 0.6) is 11.5 Å². The first-order chi connectivity index (χ1) is 14.6. The SMILES string of the molecule is CCCCCc1cc(O)c(CC=C(C)CCC=C(C)C)c2c1C(=O)OC(C)(C(=O)O)O2. The molecule has 1 aliphatic rings. The normalized spacial score (nSPS) is 18.1. The van der Waals surface area contributed by atoms with Gasteiger partial charge in [0.05, 0.1) is 0 Å². The van der Waals surface area contributed by atoms with E-state index in [4.69, 9.17) is 9.47 Å². The van der Waals surface area contributed by atoms with Crippen LogP contribution in [0.25, 0.3) is 0 Å². The summed E-state index contributed by atoms with van der Waals surface area (Å²) >= 11 is 0. The number of carbonyl (C=O) groups is 2. The van der Waals surface area contributed by atoms with Gasteiger partial charge in [-0.25, -0.2) is 9.59 Å². The number of allylic oxidation sites excluding steroid dienone is 4. The predicted molar refractivity (Wildman–Crippen MR) is 120 cm³/mol. The second kappa shape index (κ2) is 10.5. The van der Waals surface area contributed by atoms with Gasteiger partial charge in [0.1, 0.15) is 17.1 Å². The molecular formula is C25H34O6. The Morgan fingerprint density at radius 2 is 1.87 bits per heavy atom. The van der Waals surface area contributed by atoms with Gasteiger partial charge < -0.3 is 19.7 Å². The number of esters is 1. The van der Waals surface area contributed by atoms with E-state index in [1.165, 1.54) is 12.5 Å². The molecule has 1 atom stereocenters. The van der Waals surface area contributed by atoms with Gasteiger partial charge in [-0.05, 0) is 64.5 Å². The van der Waals surface area contributed by atoms with Crippen molar-refractivity contribution >= 4 is 11.9 Å². The third-order valence-electron chi connectivity index (χ3n) is 5.41. The standard InChI is InChI=1S/C25H34O6/c1-6-7-8-12-18-15-20(26)19(14-13-17(4)11-9-10-16(2)3)22-21(18)23(27)31-25(5,30-22)24(28)29/h10,13,15,26H,6-9,11-12,14H2,1-5H3,(H,28,29). The number of unbranched alkanes of at least 4 members (excludes halogenated alkanes) is 2. The fourth-order valence-electron chi connectivity index (χ4n) is 3.53. The lowest BCUT2D eigenvalue weighted by Gasteiger charge is -2.33. The van der Waals surface area contributed by atoms with Crippen molar-refractivity contribution in [1.82, 2.24) is 0 Å². The molecule has 6 heteroatoms. The number of phenols is 1. The number of hydrogen-bond acceptors (Lipinski definition) is 5. The Kier molecular flexibility index (Phi) is 8.31. The first-order valence-electron chi connectivity index (χ1n) is 10.9. The lowest BCUT2D eigenvalue weighted by atomic mass is 9.93. The van der Waals surface area contributed by atoms with Gasteiger partial charge in [-0.1, -0.05) is 43.1 Å². The van der Waals surface area contributed by atoms with E-state index >= 15 is 0 Å². The number of carboxylic acids is 1. The fourth-order valence-corrected chi connectivity index (χ4v) is 3.53. The molecule has 0 spiro atoms. The van der Waals surface area contributed by atoms with E-state index in [-0.39, 0.29) is 17.1 Å². The zero-order valence-corrected chi connectivity index (χ0v) is 19.2. The molecule has 0 saturated heterocycles. The molecule has 31 heavy (non-hydrogen) atoms. The zero-order valence-electron chi connectivity index (χ0n) is 19.2. The molecule has 0 amide bonds. The van der Waals surface area contributed by atoms with Crippen LogP contribution in [0.15, 0.2) is 29.4 Å². The number of ether oxygens (including phenoxy) is 2. The molecule has 1 aromatic rings. The van der Waals surface area contributed by atoms with Gasteiger partial charge in [-0.15, -0.1) is 0 Å². The number of aromatic hydroxyl groups is 1. The summed E-state index contributed by atoms with van der Waals surface area (Å²) in [5, 5.41) is 20.3. The minimum atomic E-state index is -2.13. The number of hydrogen-bond donors (Lipinski definition) is 2. The Labute approximate surface area is 184 Å². The average Bonchev–Trinajstić information content (AvgIpc) is 2.66. The molecule has 1 heterocycles. The van der Waals surface area contributed by atoms with Crippen LogP contribution in [0.1, 0.15) is 88.2 Å². The highest BCUT2D eigenvalue weighted by atomic mass is 16.7. The average molecular weight is 431 g/mol. The summed E-state index contributed by atoms with van der Waals surface area (Å²) in [7, 11) is 0. The molecule has 0 aliphatic carbocycles. The molecule has 0 aromatic heterocycles. The van der Waals surface area contributed by atoms with Gasteiger partial charge in [-0.2, -0.15) is 0 Å². The van der Waals surface area contributed by atoms with Crippen LogP contribution in [0, 0.1) is 0 Å². The van der Waals surface area contributed by atoms with Gasteiger partial charge in [0.2, 0.25) is 0 Å². The highest BCUT2D eigenvalue weighted by Crippen LogP contribution is 2.42. The van der Waals surface area contributed by atoms with Crippen LogP contribution >= 0.6 is 0 Å². The second-order valence-corrected chi connectivity index (χ2v) is 8.51. The Morgan fingerprint density at radius 3 is 2.48 bits per heavy atom. The molecule has 170 valence electrons. The van der Waals surface area contributed by atoms with E-state index in [1.54, 1.807) is 6.07 Å². The van der Waals surface area contributed by atoms with Gasteiger partial charge in [0.15, 0.2) is 0 Å². The minimum Gasteiger partial charge on any atom is -0.508 e. The molecule has 1 unspecified atom stereocenters. The van der Waals surface area contributed by atoms with Gasteiger partial charge in [0, 0.05) is 12.5 Å². The highest BCUT2D eigenvalue weighted by Gasteiger charge is 2.47. The number of benzene rings is 1.